The molecule has 1 saturated heterocycles. The molecule has 0 aliphatic carbocycles. The standard InChI is InChI=1S/C20H34O10S/c1-2-3-4-5-6-7-8-9-10-17(22)28-13-20(12-21)14-29-18(23)11-16(31(25,26)27)19(24)30-15-20/h16,21H,2-15H2,1H3,(H,25,26,27). The van der Waals surface area contributed by atoms with Crippen molar-refractivity contribution in [3.63, 3.8) is 0 Å². The van der Waals surface area contributed by atoms with Crippen molar-refractivity contribution in [3.05, 3.63) is 0 Å². The third-order valence-electron chi connectivity index (χ3n) is 5.14. The summed E-state index contributed by atoms with van der Waals surface area (Å²) < 4.78 is 46.7. The summed E-state index contributed by atoms with van der Waals surface area (Å²) >= 11 is 0. The first kappa shape index (κ1) is 27.3. The highest BCUT2D eigenvalue weighted by Gasteiger charge is 2.42. The Hall–Kier alpha value is -1.72. The number of rotatable bonds is 13. The van der Waals surface area contributed by atoms with E-state index in [9.17, 15) is 27.9 Å². The van der Waals surface area contributed by atoms with Gasteiger partial charge in [0.2, 0.25) is 0 Å². The Morgan fingerprint density at radius 1 is 1.06 bits per heavy atom. The van der Waals surface area contributed by atoms with Crippen molar-refractivity contribution >= 4 is 28.0 Å². The molecule has 0 spiro atoms. The zero-order chi connectivity index (χ0) is 23.3. The highest BCUT2D eigenvalue weighted by molar-refractivity contribution is 7.87. The Morgan fingerprint density at radius 2 is 1.65 bits per heavy atom. The summed E-state index contributed by atoms with van der Waals surface area (Å²) in [6.45, 7) is 0.145. The van der Waals surface area contributed by atoms with Gasteiger partial charge in [0.25, 0.3) is 10.1 Å². The predicted octanol–water partition coefficient (Wildman–Crippen LogP) is 1.79. The van der Waals surface area contributed by atoms with Crippen LogP contribution in [0.4, 0.5) is 0 Å². The molecule has 1 aliphatic heterocycles. The van der Waals surface area contributed by atoms with E-state index in [0.717, 1.165) is 19.3 Å². The first-order chi connectivity index (χ1) is 14.6. The Morgan fingerprint density at radius 3 is 2.23 bits per heavy atom. The van der Waals surface area contributed by atoms with Gasteiger partial charge in [-0.2, -0.15) is 8.42 Å². The molecule has 1 fully saturated rings. The quantitative estimate of drug-likeness (QED) is 0.178. The molecule has 180 valence electrons. The number of aliphatic hydroxyl groups is 1. The second-order valence-corrected chi connectivity index (χ2v) is 9.62. The molecule has 2 atom stereocenters. The monoisotopic (exact) mass is 466 g/mol. The van der Waals surface area contributed by atoms with Crippen molar-refractivity contribution < 1.29 is 46.7 Å². The van der Waals surface area contributed by atoms with Gasteiger partial charge in [-0.25, -0.2) is 0 Å². The van der Waals surface area contributed by atoms with Crippen molar-refractivity contribution in [1.82, 2.24) is 0 Å². The summed E-state index contributed by atoms with van der Waals surface area (Å²) in [4.78, 5) is 35.8. The Labute approximate surface area is 183 Å². The molecule has 0 saturated carbocycles. The van der Waals surface area contributed by atoms with Crippen molar-refractivity contribution in [2.45, 2.75) is 76.4 Å². The van der Waals surface area contributed by atoms with E-state index in [1.807, 2.05) is 0 Å². The lowest BCUT2D eigenvalue weighted by atomic mass is 9.92. The summed E-state index contributed by atoms with van der Waals surface area (Å²) in [6, 6.07) is 0. The minimum Gasteiger partial charge on any atom is -0.465 e. The molecule has 11 heteroatoms. The maximum atomic E-state index is 12.0. The summed E-state index contributed by atoms with van der Waals surface area (Å²) in [5.41, 5.74) is -1.42. The van der Waals surface area contributed by atoms with Gasteiger partial charge >= 0.3 is 17.9 Å². The molecule has 0 aromatic heterocycles. The number of esters is 3. The fourth-order valence-electron chi connectivity index (χ4n) is 3.04. The van der Waals surface area contributed by atoms with Crippen LogP contribution in [0.5, 0.6) is 0 Å². The Balaban J connectivity index is 2.50. The number of carbonyl (C=O) groups excluding carboxylic acids is 3. The molecule has 0 aromatic carbocycles. The first-order valence-corrected chi connectivity index (χ1v) is 12.2. The number of hydrogen-bond donors (Lipinski definition) is 2. The summed E-state index contributed by atoms with van der Waals surface area (Å²) in [5.74, 6) is -2.90. The average Bonchev–Trinajstić information content (AvgIpc) is 2.78. The second-order valence-electron chi connectivity index (χ2n) is 8.02. The lowest BCUT2D eigenvalue weighted by molar-refractivity contribution is -0.161. The van der Waals surface area contributed by atoms with Gasteiger partial charge in [0.15, 0.2) is 5.25 Å². The third-order valence-corrected chi connectivity index (χ3v) is 6.22. The zero-order valence-electron chi connectivity index (χ0n) is 18.0. The maximum Gasteiger partial charge on any atom is 0.327 e. The highest BCUT2D eigenvalue weighted by Crippen LogP contribution is 2.23. The molecule has 0 radical (unpaired) electrons. The first-order valence-electron chi connectivity index (χ1n) is 10.7. The number of hydrogen-bond acceptors (Lipinski definition) is 9. The summed E-state index contributed by atoms with van der Waals surface area (Å²) in [7, 11) is -4.88. The smallest absolute Gasteiger partial charge is 0.327 e. The van der Waals surface area contributed by atoms with Gasteiger partial charge in [-0.15, -0.1) is 0 Å². The largest absolute Gasteiger partial charge is 0.465 e. The molecule has 1 aliphatic rings. The molecular formula is C20H34O10S. The molecule has 2 N–H and O–H groups in total. The van der Waals surface area contributed by atoms with Gasteiger partial charge in [0.05, 0.1) is 18.4 Å². The van der Waals surface area contributed by atoms with Crippen LogP contribution >= 0.6 is 0 Å². The minimum atomic E-state index is -4.88. The second kappa shape index (κ2) is 13.6. The maximum absolute atomic E-state index is 12.0. The summed E-state index contributed by atoms with van der Waals surface area (Å²) in [5, 5.41) is 7.64. The van der Waals surface area contributed by atoms with Crippen LogP contribution in [0.15, 0.2) is 0 Å². The van der Waals surface area contributed by atoms with Gasteiger partial charge in [0, 0.05) is 6.42 Å². The Bertz CT molecular complexity index is 690. The lowest BCUT2D eigenvalue weighted by Crippen LogP contribution is -2.42. The zero-order valence-corrected chi connectivity index (χ0v) is 18.9. The van der Waals surface area contributed by atoms with Crippen molar-refractivity contribution in [2.24, 2.45) is 5.41 Å². The van der Waals surface area contributed by atoms with Gasteiger partial charge in [-0.3, -0.25) is 18.9 Å². The van der Waals surface area contributed by atoms with Crippen LogP contribution in [0.3, 0.4) is 0 Å². The van der Waals surface area contributed by atoms with Crippen molar-refractivity contribution in [1.29, 1.82) is 0 Å². The third kappa shape index (κ3) is 10.4. The average molecular weight is 467 g/mol. The minimum absolute atomic E-state index is 0.195. The topological polar surface area (TPSA) is 154 Å². The van der Waals surface area contributed by atoms with E-state index in [1.54, 1.807) is 0 Å². The van der Waals surface area contributed by atoms with Crippen molar-refractivity contribution in [3.8, 4) is 0 Å². The fraction of sp³-hybridized carbons (Fsp3) is 0.850. The number of aliphatic hydroxyl groups excluding tert-OH is 1. The van der Waals surface area contributed by atoms with Gasteiger partial charge in [-0.1, -0.05) is 51.9 Å². The van der Waals surface area contributed by atoms with Crippen LogP contribution in [-0.4, -0.2) is 67.7 Å². The molecule has 1 rings (SSSR count). The van der Waals surface area contributed by atoms with Crippen LogP contribution in [0.1, 0.15) is 71.1 Å². The van der Waals surface area contributed by atoms with E-state index in [4.69, 9.17) is 18.8 Å². The van der Waals surface area contributed by atoms with Crippen LogP contribution in [0, 0.1) is 5.41 Å². The number of unbranched alkanes of at least 4 members (excludes halogenated alkanes) is 7. The number of carbonyl (C=O) groups is 3. The molecule has 2 unspecified atom stereocenters. The molecule has 10 nitrogen and oxygen atoms in total. The lowest BCUT2D eigenvalue weighted by Gasteiger charge is -2.29. The van der Waals surface area contributed by atoms with Crippen LogP contribution in [0.25, 0.3) is 0 Å². The molecule has 1 heterocycles. The van der Waals surface area contributed by atoms with Crippen LogP contribution in [0.2, 0.25) is 0 Å². The normalized spacial score (nSPS) is 22.6. The molecule has 0 aromatic rings. The highest BCUT2D eigenvalue weighted by atomic mass is 32.2. The van der Waals surface area contributed by atoms with E-state index in [-0.39, 0.29) is 13.0 Å². The van der Waals surface area contributed by atoms with E-state index >= 15 is 0 Å². The van der Waals surface area contributed by atoms with Crippen LogP contribution < -0.4 is 0 Å². The molecule has 0 bridgehead atoms. The molecule has 31 heavy (non-hydrogen) atoms. The van der Waals surface area contributed by atoms with E-state index in [2.05, 4.69) is 6.92 Å². The fourth-order valence-corrected chi connectivity index (χ4v) is 3.70. The molecular weight excluding hydrogens is 432 g/mol. The number of cyclic esters (lactones) is 2. The van der Waals surface area contributed by atoms with E-state index < -0.39 is 64.9 Å². The van der Waals surface area contributed by atoms with Gasteiger partial charge < -0.3 is 19.3 Å². The van der Waals surface area contributed by atoms with Gasteiger partial charge in [-0.05, 0) is 6.42 Å². The summed E-state index contributed by atoms with van der Waals surface area (Å²) in [6.07, 6.45) is 7.85. The Kier molecular flexibility index (Phi) is 12.0. The van der Waals surface area contributed by atoms with Crippen LogP contribution in [-0.2, 0) is 38.7 Å². The van der Waals surface area contributed by atoms with Gasteiger partial charge in [0.1, 0.15) is 19.8 Å². The predicted molar refractivity (Wildman–Crippen MR) is 110 cm³/mol. The number of ether oxygens (including phenoxy) is 3. The van der Waals surface area contributed by atoms with E-state index in [0.29, 0.717) is 6.42 Å². The van der Waals surface area contributed by atoms with E-state index in [1.165, 1.54) is 25.7 Å². The molecule has 0 amide bonds. The van der Waals surface area contributed by atoms with Crippen molar-refractivity contribution in [2.75, 3.05) is 26.4 Å². The SMILES string of the molecule is CCCCCCCCCCC(=O)OCC1(CO)COC(=O)CC(S(=O)(=O)O)C(=O)OC1.